The molecule has 2 aromatic carbocycles. The minimum atomic E-state index is 0.301. The van der Waals surface area contributed by atoms with Crippen molar-refractivity contribution < 1.29 is 14.2 Å². The molecule has 1 saturated heterocycles. The van der Waals surface area contributed by atoms with Gasteiger partial charge in [0, 0.05) is 0 Å². The van der Waals surface area contributed by atoms with Crippen LogP contribution < -0.4 is 9.47 Å². The predicted molar refractivity (Wildman–Crippen MR) is 89.1 cm³/mol. The van der Waals surface area contributed by atoms with Crippen LogP contribution in [0.4, 0.5) is 0 Å². The summed E-state index contributed by atoms with van der Waals surface area (Å²) in [6, 6.07) is 16.8. The zero-order chi connectivity index (χ0) is 15.5. The summed E-state index contributed by atoms with van der Waals surface area (Å²) >= 11 is 0. The van der Waals surface area contributed by atoms with Crippen LogP contribution >= 0.6 is 0 Å². The van der Waals surface area contributed by atoms with Crippen molar-refractivity contribution in [3.05, 3.63) is 59.7 Å². The predicted octanol–water partition coefficient (Wildman–Crippen LogP) is 3.84. The normalized spacial score (nSPS) is 19.4. The van der Waals surface area contributed by atoms with E-state index in [2.05, 4.69) is 36.4 Å². The summed E-state index contributed by atoms with van der Waals surface area (Å²) in [6.45, 7) is 2.35. The lowest BCUT2D eigenvalue weighted by molar-refractivity contribution is 0.263. The smallest absolute Gasteiger partial charge is 0.119 e. The number of ether oxygens (including phenoxy) is 3. The van der Waals surface area contributed by atoms with Crippen LogP contribution in [-0.4, -0.2) is 25.9 Å². The highest BCUT2D eigenvalue weighted by atomic mass is 16.6. The van der Waals surface area contributed by atoms with Gasteiger partial charge >= 0.3 is 0 Å². The molecule has 1 atom stereocenters. The van der Waals surface area contributed by atoms with E-state index in [9.17, 15) is 0 Å². The molecule has 1 heterocycles. The molecule has 120 valence electrons. The van der Waals surface area contributed by atoms with E-state index in [4.69, 9.17) is 14.2 Å². The van der Waals surface area contributed by atoms with Gasteiger partial charge in [-0.1, -0.05) is 24.3 Å². The molecule has 0 spiro atoms. The van der Waals surface area contributed by atoms with E-state index in [0.29, 0.717) is 12.7 Å². The largest absolute Gasteiger partial charge is 0.493 e. The quantitative estimate of drug-likeness (QED) is 0.694. The Morgan fingerprint density at radius 3 is 1.78 bits per heavy atom. The number of rotatable bonds is 8. The Hall–Kier alpha value is -2.00. The summed E-state index contributed by atoms with van der Waals surface area (Å²) in [7, 11) is 0. The zero-order valence-corrected chi connectivity index (χ0v) is 13.2. The second-order valence-corrected chi connectivity index (χ2v) is 6.49. The van der Waals surface area contributed by atoms with Crippen molar-refractivity contribution in [3.63, 3.8) is 0 Å². The lowest BCUT2D eigenvalue weighted by Gasteiger charge is -2.08. The molecule has 1 saturated carbocycles. The molecule has 0 bridgehead atoms. The third kappa shape index (κ3) is 4.49. The molecule has 0 aromatic heterocycles. The Balaban J connectivity index is 1.29. The molecule has 1 unspecified atom stereocenters. The van der Waals surface area contributed by atoms with Crippen molar-refractivity contribution in [1.82, 2.24) is 0 Å². The zero-order valence-electron chi connectivity index (χ0n) is 13.2. The van der Waals surface area contributed by atoms with Crippen LogP contribution in [0.25, 0.3) is 0 Å². The topological polar surface area (TPSA) is 31.0 Å². The second kappa shape index (κ2) is 6.63. The molecule has 3 heteroatoms. The fourth-order valence-electron chi connectivity index (χ4n) is 2.49. The first kappa shape index (κ1) is 14.6. The highest BCUT2D eigenvalue weighted by molar-refractivity contribution is 5.34. The fraction of sp³-hybridized carbons (Fsp3) is 0.400. The maximum absolute atomic E-state index is 5.78. The van der Waals surface area contributed by atoms with Gasteiger partial charge in [-0.25, -0.2) is 0 Å². The number of benzene rings is 2. The lowest BCUT2D eigenvalue weighted by Crippen LogP contribution is -2.03. The van der Waals surface area contributed by atoms with Crippen LogP contribution in [0.2, 0.25) is 0 Å². The Kier molecular flexibility index (Phi) is 4.20. The standard InChI is InChI=1S/C20H22O3/c1-2-17(1)12-21-18-7-3-15(4-8-18)11-16-5-9-19(10-6-16)22-13-20-14-23-20/h3-10,17,20H,1-2,11-14H2. The third-order valence-electron chi connectivity index (χ3n) is 4.28. The van der Waals surface area contributed by atoms with Gasteiger partial charge in [-0.05, 0) is 60.6 Å². The van der Waals surface area contributed by atoms with E-state index in [1.165, 1.54) is 24.0 Å². The molecule has 0 amide bonds. The van der Waals surface area contributed by atoms with Crippen molar-refractivity contribution in [2.45, 2.75) is 25.4 Å². The molecule has 0 N–H and O–H groups in total. The highest BCUT2D eigenvalue weighted by Gasteiger charge is 2.23. The average molecular weight is 310 g/mol. The average Bonchev–Trinajstić information content (AvgIpc) is 3.48. The molecular weight excluding hydrogens is 288 g/mol. The van der Waals surface area contributed by atoms with Crippen molar-refractivity contribution >= 4 is 0 Å². The second-order valence-electron chi connectivity index (χ2n) is 6.49. The first-order chi connectivity index (χ1) is 11.3. The summed E-state index contributed by atoms with van der Waals surface area (Å²) in [4.78, 5) is 0. The van der Waals surface area contributed by atoms with Crippen molar-refractivity contribution in [2.75, 3.05) is 19.8 Å². The van der Waals surface area contributed by atoms with Gasteiger partial charge in [-0.3, -0.25) is 0 Å². The summed E-state index contributed by atoms with van der Waals surface area (Å²) < 4.78 is 16.6. The molecule has 23 heavy (non-hydrogen) atoms. The minimum absolute atomic E-state index is 0.301. The van der Waals surface area contributed by atoms with Crippen LogP contribution in [0.5, 0.6) is 11.5 Å². The Morgan fingerprint density at radius 1 is 0.783 bits per heavy atom. The summed E-state index contributed by atoms with van der Waals surface area (Å²) in [5, 5.41) is 0. The van der Waals surface area contributed by atoms with Gasteiger partial charge in [-0.15, -0.1) is 0 Å². The van der Waals surface area contributed by atoms with Crippen molar-refractivity contribution in [2.24, 2.45) is 5.92 Å². The van der Waals surface area contributed by atoms with Gasteiger partial charge in [0.1, 0.15) is 24.2 Å². The van der Waals surface area contributed by atoms with Crippen LogP contribution in [0.3, 0.4) is 0 Å². The van der Waals surface area contributed by atoms with Crippen LogP contribution in [0, 0.1) is 5.92 Å². The SMILES string of the molecule is c1cc(OCC2CC2)ccc1Cc1ccc(OCC2CO2)cc1. The maximum Gasteiger partial charge on any atom is 0.119 e. The van der Waals surface area contributed by atoms with Crippen LogP contribution in [0.1, 0.15) is 24.0 Å². The minimum Gasteiger partial charge on any atom is -0.493 e. The molecule has 2 aliphatic rings. The lowest BCUT2D eigenvalue weighted by atomic mass is 10.0. The van der Waals surface area contributed by atoms with E-state index in [1.54, 1.807) is 0 Å². The number of epoxide rings is 1. The van der Waals surface area contributed by atoms with Gasteiger partial charge in [0.05, 0.1) is 13.2 Å². The van der Waals surface area contributed by atoms with E-state index in [0.717, 1.165) is 37.1 Å². The molecule has 4 rings (SSSR count). The van der Waals surface area contributed by atoms with Gasteiger partial charge in [-0.2, -0.15) is 0 Å². The van der Waals surface area contributed by atoms with Crippen LogP contribution in [-0.2, 0) is 11.2 Å². The Labute approximate surface area is 137 Å². The van der Waals surface area contributed by atoms with E-state index in [-0.39, 0.29) is 0 Å². The van der Waals surface area contributed by atoms with Gasteiger partial charge in [0.15, 0.2) is 0 Å². The fourth-order valence-corrected chi connectivity index (χ4v) is 2.49. The first-order valence-corrected chi connectivity index (χ1v) is 8.40. The number of hydrogen-bond donors (Lipinski definition) is 0. The summed E-state index contributed by atoms with van der Waals surface area (Å²) in [5.41, 5.74) is 2.58. The molecule has 0 radical (unpaired) electrons. The molecule has 2 aromatic rings. The summed E-state index contributed by atoms with van der Waals surface area (Å²) in [6.07, 6.45) is 3.88. The van der Waals surface area contributed by atoms with E-state index >= 15 is 0 Å². The molecule has 1 aliphatic heterocycles. The molecule has 3 nitrogen and oxygen atoms in total. The van der Waals surface area contributed by atoms with Gasteiger partial charge in [0.25, 0.3) is 0 Å². The van der Waals surface area contributed by atoms with Crippen molar-refractivity contribution in [1.29, 1.82) is 0 Å². The van der Waals surface area contributed by atoms with Crippen molar-refractivity contribution in [3.8, 4) is 11.5 Å². The van der Waals surface area contributed by atoms with E-state index in [1.807, 2.05) is 12.1 Å². The Morgan fingerprint density at radius 2 is 1.30 bits per heavy atom. The number of hydrogen-bond acceptors (Lipinski definition) is 3. The molecule has 2 fully saturated rings. The highest BCUT2D eigenvalue weighted by Crippen LogP contribution is 2.29. The van der Waals surface area contributed by atoms with Crippen LogP contribution in [0.15, 0.2) is 48.5 Å². The first-order valence-electron chi connectivity index (χ1n) is 8.40. The maximum atomic E-state index is 5.78. The molecule has 1 aliphatic carbocycles. The third-order valence-corrected chi connectivity index (χ3v) is 4.28. The van der Waals surface area contributed by atoms with Gasteiger partial charge in [0.2, 0.25) is 0 Å². The monoisotopic (exact) mass is 310 g/mol. The van der Waals surface area contributed by atoms with E-state index < -0.39 is 0 Å². The molecular formula is C20H22O3. The Bertz CT molecular complexity index is 567. The summed E-state index contributed by atoms with van der Waals surface area (Å²) in [5.74, 6) is 2.68. The van der Waals surface area contributed by atoms with Gasteiger partial charge < -0.3 is 14.2 Å².